The lowest BCUT2D eigenvalue weighted by molar-refractivity contribution is 0.0340. The Morgan fingerprint density at radius 3 is 2.59 bits per heavy atom. The third kappa shape index (κ3) is 5.79. The number of nitrogens with zero attached hydrogens (tertiary/aromatic N) is 4. The molecule has 0 aliphatic carbocycles. The molecule has 6 heteroatoms. The first-order chi connectivity index (χ1) is 12.8. The van der Waals surface area contributed by atoms with Gasteiger partial charge in [-0.25, -0.2) is 4.68 Å². The maximum absolute atomic E-state index is 9.49. The third-order valence-corrected chi connectivity index (χ3v) is 5.21. The molecule has 1 aliphatic heterocycles. The monoisotopic (exact) mass is 390 g/mol. The van der Waals surface area contributed by atoms with Crippen molar-refractivity contribution >= 4 is 11.6 Å². The normalized spacial score (nSPS) is 19.5. The van der Waals surface area contributed by atoms with Gasteiger partial charge in [0, 0.05) is 62.2 Å². The maximum Gasteiger partial charge on any atom is 0.0646 e. The molecule has 1 saturated heterocycles. The summed E-state index contributed by atoms with van der Waals surface area (Å²) in [4.78, 5) is 5.02. The van der Waals surface area contributed by atoms with Gasteiger partial charge in [-0.1, -0.05) is 32.4 Å². The molecule has 5 nitrogen and oxygen atoms in total. The molecular formula is C21H31ClN4O. The van der Waals surface area contributed by atoms with E-state index in [9.17, 15) is 5.11 Å². The Labute approximate surface area is 167 Å². The highest BCUT2D eigenvalue weighted by atomic mass is 35.5. The van der Waals surface area contributed by atoms with Crippen molar-refractivity contribution < 1.29 is 5.11 Å². The van der Waals surface area contributed by atoms with Crippen LogP contribution in [0, 0.1) is 5.41 Å². The highest BCUT2D eigenvalue weighted by Gasteiger charge is 2.29. The number of aliphatic hydroxyl groups excluding tert-OH is 1. The number of aliphatic hydroxyl groups is 1. The van der Waals surface area contributed by atoms with E-state index in [1.165, 1.54) is 5.56 Å². The van der Waals surface area contributed by atoms with Gasteiger partial charge in [0.25, 0.3) is 0 Å². The predicted octanol–water partition coefficient (Wildman–Crippen LogP) is 3.44. The second kappa shape index (κ2) is 8.74. The molecule has 1 aromatic heterocycles. The number of halogens is 1. The molecule has 1 fully saturated rings. The van der Waals surface area contributed by atoms with Gasteiger partial charge in [0.15, 0.2) is 0 Å². The Morgan fingerprint density at radius 1 is 1.19 bits per heavy atom. The van der Waals surface area contributed by atoms with E-state index in [-0.39, 0.29) is 12.0 Å². The smallest absolute Gasteiger partial charge is 0.0646 e. The average Bonchev–Trinajstić information content (AvgIpc) is 3.05. The number of hydrogen-bond donors (Lipinski definition) is 1. The van der Waals surface area contributed by atoms with Crippen molar-refractivity contribution in [2.45, 2.75) is 39.8 Å². The first-order valence-corrected chi connectivity index (χ1v) is 10.1. The molecule has 2 aromatic rings. The van der Waals surface area contributed by atoms with Crippen LogP contribution >= 0.6 is 11.6 Å². The fourth-order valence-corrected chi connectivity index (χ4v) is 3.90. The van der Waals surface area contributed by atoms with Crippen LogP contribution in [0.3, 0.4) is 0 Å². The molecule has 0 saturated carbocycles. The summed E-state index contributed by atoms with van der Waals surface area (Å²) in [5.74, 6) is 0. The molecule has 1 unspecified atom stereocenters. The number of aromatic nitrogens is 2. The lowest BCUT2D eigenvalue weighted by atomic mass is 9.94. The zero-order chi connectivity index (χ0) is 19.4. The van der Waals surface area contributed by atoms with E-state index in [4.69, 9.17) is 11.6 Å². The van der Waals surface area contributed by atoms with Gasteiger partial charge in [-0.05, 0) is 36.1 Å². The molecule has 0 bridgehead atoms. The minimum atomic E-state index is 0.244. The lowest BCUT2D eigenvalue weighted by Gasteiger charge is -2.43. The van der Waals surface area contributed by atoms with Gasteiger partial charge in [-0.3, -0.25) is 9.80 Å². The molecule has 148 valence electrons. The number of piperazine rings is 1. The van der Waals surface area contributed by atoms with Gasteiger partial charge in [-0.15, -0.1) is 0 Å². The van der Waals surface area contributed by atoms with Gasteiger partial charge in [-0.2, -0.15) is 5.10 Å². The highest BCUT2D eigenvalue weighted by Crippen LogP contribution is 2.22. The maximum atomic E-state index is 9.49. The van der Waals surface area contributed by atoms with E-state index in [2.05, 4.69) is 41.9 Å². The van der Waals surface area contributed by atoms with Gasteiger partial charge < -0.3 is 5.11 Å². The van der Waals surface area contributed by atoms with E-state index in [0.29, 0.717) is 6.04 Å². The minimum Gasteiger partial charge on any atom is -0.396 e. The van der Waals surface area contributed by atoms with Crippen LogP contribution in [-0.2, 0) is 6.54 Å². The number of hydrogen-bond acceptors (Lipinski definition) is 4. The van der Waals surface area contributed by atoms with Gasteiger partial charge >= 0.3 is 0 Å². The topological polar surface area (TPSA) is 44.5 Å². The van der Waals surface area contributed by atoms with Crippen molar-refractivity contribution in [2.75, 3.05) is 32.8 Å². The van der Waals surface area contributed by atoms with Crippen molar-refractivity contribution in [2.24, 2.45) is 5.41 Å². The summed E-state index contributed by atoms with van der Waals surface area (Å²) in [7, 11) is 0. The molecule has 1 aromatic carbocycles. The SMILES string of the molecule is CC(C)(C)CN1CCN(Cc2cnn(-c3ccc(Cl)cc3)c2)CC1CCO. The van der Waals surface area contributed by atoms with E-state index in [1.54, 1.807) is 0 Å². The Morgan fingerprint density at radius 2 is 1.93 bits per heavy atom. The molecule has 3 rings (SSSR count). The van der Waals surface area contributed by atoms with Crippen molar-refractivity contribution in [1.29, 1.82) is 0 Å². The quantitative estimate of drug-likeness (QED) is 0.820. The van der Waals surface area contributed by atoms with Crippen LogP contribution in [0.2, 0.25) is 5.02 Å². The standard InChI is InChI=1S/C21H31ClN4O/c1-21(2,3)16-25-10-9-24(15-20(25)8-11-27)13-17-12-23-26(14-17)19-6-4-18(22)5-7-19/h4-7,12,14,20,27H,8-11,13,15-16H2,1-3H3. The Hall–Kier alpha value is -1.40. The van der Waals surface area contributed by atoms with Crippen LogP contribution in [0.1, 0.15) is 32.8 Å². The molecule has 0 amide bonds. The summed E-state index contributed by atoms with van der Waals surface area (Å²) in [6.07, 6.45) is 4.86. The molecule has 27 heavy (non-hydrogen) atoms. The summed E-state index contributed by atoms with van der Waals surface area (Å²) in [6, 6.07) is 8.12. The summed E-state index contributed by atoms with van der Waals surface area (Å²) >= 11 is 5.97. The Kier molecular flexibility index (Phi) is 6.58. The highest BCUT2D eigenvalue weighted by molar-refractivity contribution is 6.30. The predicted molar refractivity (Wildman–Crippen MR) is 110 cm³/mol. The molecule has 1 atom stereocenters. The number of rotatable bonds is 6. The van der Waals surface area contributed by atoms with E-state index in [0.717, 1.165) is 49.9 Å². The first-order valence-electron chi connectivity index (χ1n) is 9.71. The minimum absolute atomic E-state index is 0.244. The van der Waals surface area contributed by atoms with Crippen molar-refractivity contribution in [3.8, 4) is 5.69 Å². The van der Waals surface area contributed by atoms with Crippen LogP contribution < -0.4 is 0 Å². The van der Waals surface area contributed by atoms with E-state index >= 15 is 0 Å². The molecule has 2 heterocycles. The fraction of sp³-hybridized carbons (Fsp3) is 0.571. The molecule has 1 aliphatic rings. The van der Waals surface area contributed by atoms with Crippen LogP contribution in [0.15, 0.2) is 36.7 Å². The second-order valence-corrected chi connectivity index (χ2v) is 9.14. The van der Waals surface area contributed by atoms with Crippen LogP contribution in [-0.4, -0.2) is 63.5 Å². The molecule has 0 radical (unpaired) electrons. The largest absolute Gasteiger partial charge is 0.396 e. The summed E-state index contributed by atoms with van der Waals surface area (Å²) in [5, 5.41) is 14.7. The lowest BCUT2D eigenvalue weighted by Crippen LogP contribution is -2.54. The third-order valence-electron chi connectivity index (χ3n) is 4.96. The summed E-state index contributed by atoms with van der Waals surface area (Å²) in [6.45, 7) is 12.1. The fourth-order valence-electron chi connectivity index (χ4n) is 3.78. The first kappa shape index (κ1) is 20.3. The molecular weight excluding hydrogens is 360 g/mol. The van der Waals surface area contributed by atoms with Crippen molar-refractivity contribution in [1.82, 2.24) is 19.6 Å². The van der Waals surface area contributed by atoms with E-state index < -0.39 is 0 Å². The zero-order valence-corrected chi connectivity index (χ0v) is 17.4. The van der Waals surface area contributed by atoms with Crippen molar-refractivity contribution in [3.05, 3.63) is 47.2 Å². The Balaban J connectivity index is 1.62. The van der Waals surface area contributed by atoms with Gasteiger partial charge in [0.1, 0.15) is 0 Å². The van der Waals surface area contributed by atoms with E-state index in [1.807, 2.05) is 35.1 Å². The average molecular weight is 391 g/mol. The van der Waals surface area contributed by atoms with Gasteiger partial charge in [0.05, 0.1) is 11.9 Å². The van der Waals surface area contributed by atoms with Gasteiger partial charge in [0.2, 0.25) is 0 Å². The number of benzene rings is 1. The molecule has 1 N–H and O–H groups in total. The zero-order valence-electron chi connectivity index (χ0n) is 16.6. The van der Waals surface area contributed by atoms with Crippen LogP contribution in [0.4, 0.5) is 0 Å². The molecule has 0 spiro atoms. The summed E-state index contributed by atoms with van der Waals surface area (Å²) in [5.41, 5.74) is 2.49. The van der Waals surface area contributed by atoms with Crippen LogP contribution in [0.25, 0.3) is 5.69 Å². The van der Waals surface area contributed by atoms with Crippen LogP contribution in [0.5, 0.6) is 0 Å². The van der Waals surface area contributed by atoms with Crippen molar-refractivity contribution in [3.63, 3.8) is 0 Å². The second-order valence-electron chi connectivity index (χ2n) is 8.70. The Bertz CT molecular complexity index is 723. The summed E-state index contributed by atoms with van der Waals surface area (Å²) < 4.78 is 1.90.